The highest BCUT2D eigenvalue weighted by molar-refractivity contribution is 5.98. The fourth-order valence-electron chi connectivity index (χ4n) is 6.33. The number of benzene rings is 1. The van der Waals surface area contributed by atoms with Gasteiger partial charge in [-0.2, -0.15) is 0 Å². The largest absolute Gasteiger partial charge is 0.443 e. The van der Waals surface area contributed by atoms with Gasteiger partial charge >= 0.3 is 6.09 Å². The lowest BCUT2D eigenvalue weighted by Crippen LogP contribution is -2.56. The maximum absolute atomic E-state index is 14.4. The summed E-state index contributed by atoms with van der Waals surface area (Å²) in [6.07, 6.45) is 6.95. The van der Waals surface area contributed by atoms with E-state index in [1.807, 2.05) is 0 Å². The Hall–Kier alpha value is -2.63. The SMILES string of the molecule is CC(C)(C)OC(=O)n1cc(-c2ccccc2F)cc1C(=O)NC1C2CC3CC(C2)CC1C3. The van der Waals surface area contributed by atoms with Gasteiger partial charge in [0.15, 0.2) is 0 Å². The molecule has 0 spiro atoms. The van der Waals surface area contributed by atoms with E-state index in [0.717, 1.165) is 11.8 Å². The summed E-state index contributed by atoms with van der Waals surface area (Å²) in [5, 5.41) is 3.25. The monoisotopic (exact) mass is 438 g/mol. The van der Waals surface area contributed by atoms with Crippen LogP contribution in [0.3, 0.4) is 0 Å². The number of carbonyl (C=O) groups excluding carboxylic acids is 2. The van der Waals surface area contributed by atoms with Crippen LogP contribution in [-0.2, 0) is 4.74 Å². The minimum Gasteiger partial charge on any atom is -0.443 e. The van der Waals surface area contributed by atoms with Crippen LogP contribution in [0.25, 0.3) is 11.1 Å². The number of nitrogens with one attached hydrogen (secondary N) is 1. The maximum atomic E-state index is 14.4. The fraction of sp³-hybridized carbons (Fsp3) is 0.538. The minimum absolute atomic E-state index is 0.147. The first-order valence-electron chi connectivity index (χ1n) is 11.7. The first-order chi connectivity index (χ1) is 15.2. The molecule has 1 aromatic heterocycles. The predicted octanol–water partition coefficient (Wildman–Crippen LogP) is 5.63. The van der Waals surface area contributed by atoms with Crippen LogP contribution in [0.2, 0.25) is 0 Å². The van der Waals surface area contributed by atoms with Gasteiger partial charge in [0.1, 0.15) is 17.1 Å². The Balaban J connectivity index is 1.45. The van der Waals surface area contributed by atoms with Crippen LogP contribution in [0.15, 0.2) is 36.5 Å². The molecule has 6 rings (SSSR count). The Morgan fingerprint density at radius 2 is 1.66 bits per heavy atom. The molecule has 32 heavy (non-hydrogen) atoms. The lowest BCUT2D eigenvalue weighted by Gasteiger charge is -2.54. The molecule has 1 N–H and O–H groups in total. The van der Waals surface area contributed by atoms with Crippen LogP contribution >= 0.6 is 0 Å². The number of nitrogens with zero attached hydrogens (tertiary/aromatic N) is 1. The second-order valence-corrected chi connectivity index (χ2v) is 10.9. The molecule has 4 saturated carbocycles. The van der Waals surface area contributed by atoms with E-state index in [1.165, 1.54) is 48.9 Å². The summed E-state index contributed by atoms with van der Waals surface area (Å²) in [5.74, 6) is 1.96. The van der Waals surface area contributed by atoms with Crippen molar-refractivity contribution in [1.29, 1.82) is 0 Å². The van der Waals surface area contributed by atoms with Gasteiger partial charge in [-0.3, -0.25) is 4.79 Å². The molecule has 1 amide bonds. The van der Waals surface area contributed by atoms with Crippen LogP contribution < -0.4 is 5.32 Å². The number of halogens is 1. The van der Waals surface area contributed by atoms with Crippen molar-refractivity contribution in [1.82, 2.24) is 9.88 Å². The molecule has 0 radical (unpaired) electrons. The number of hydrogen-bond acceptors (Lipinski definition) is 3. The summed E-state index contributed by atoms with van der Waals surface area (Å²) in [6.45, 7) is 5.33. The molecule has 4 aliphatic rings. The Morgan fingerprint density at radius 3 is 2.25 bits per heavy atom. The molecule has 2 aromatic rings. The molecule has 1 aromatic carbocycles. The van der Waals surface area contributed by atoms with Crippen LogP contribution in [0.1, 0.15) is 63.4 Å². The molecule has 0 unspecified atom stereocenters. The van der Waals surface area contributed by atoms with Crippen LogP contribution in [0, 0.1) is 29.5 Å². The van der Waals surface area contributed by atoms with Crippen molar-refractivity contribution in [3.63, 3.8) is 0 Å². The average molecular weight is 439 g/mol. The second kappa shape index (κ2) is 7.75. The highest BCUT2D eigenvalue weighted by Gasteiger charge is 2.48. The maximum Gasteiger partial charge on any atom is 0.419 e. The highest BCUT2D eigenvalue weighted by atomic mass is 19.1. The number of amides is 1. The van der Waals surface area contributed by atoms with E-state index >= 15 is 0 Å². The van der Waals surface area contributed by atoms with Crippen molar-refractivity contribution in [2.24, 2.45) is 23.7 Å². The predicted molar refractivity (Wildman–Crippen MR) is 120 cm³/mol. The zero-order valence-electron chi connectivity index (χ0n) is 18.9. The first kappa shape index (κ1) is 21.2. The fourth-order valence-corrected chi connectivity index (χ4v) is 6.33. The van der Waals surface area contributed by atoms with Gasteiger partial charge in [-0.25, -0.2) is 13.8 Å². The molecule has 4 fully saturated rings. The summed E-state index contributed by atoms with van der Waals surface area (Å²) in [4.78, 5) is 26.3. The van der Waals surface area contributed by atoms with Gasteiger partial charge in [-0.1, -0.05) is 18.2 Å². The van der Waals surface area contributed by atoms with Gasteiger partial charge in [0, 0.05) is 23.4 Å². The third-order valence-electron chi connectivity index (χ3n) is 7.35. The molecule has 0 aliphatic heterocycles. The first-order valence-corrected chi connectivity index (χ1v) is 11.7. The van der Waals surface area contributed by atoms with E-state index in [4.69, 9.17) is 4.74 Å². The van der Waals surface area contributed by atoms with Crippen LogP contribution in [0.5, 0.6) is 0 Å². The summed E-state index contributed by atoms with van der Waals surface area (Å²) in [7, 11) is 0. The molecular formula is C26H31FN2O3. The van der Waals surface area contributed by atoms with Crippen molar-refractivity contribution in [3.8, 4) is 11.1 Å². The summed E-state index contributed by atoms with van der Waals surface area (Å²) < 4.78 is 21.2. The zero-order valence-corrected chi connectivity index (χ0v) is 18.9. The summed E-state index contributed by atoms with van der Waals surface area (Å²) in [6, 6.07) is 8.10. The number of carbonyl (C=O) groups is 2. The Morgan fingerprint density at radius 1 is 1.03 bits per heavy atom. The highest BCUT2D eigenvalue weighted by Crippen LogP contribution is 2.53. The van der Waals surface area contributed by atoms with E-state index in [0.29, 0.717) is 23.0 Å². The molecule has 170 valence electrons. The second-order valence-electron chi connectivity index (χ2n) is 10.9. The number of rotatable bonds is 3. The molecule has 4 aliphatic carbocycles. The van der Waals surface area contributed by atoms with Crippen molar-refractivity contribution < 1.29 is 18.7 Å². The van der Waals surface area contributed by atoms with Gasteiger partial charge in [-0.05, 0) is 88.7 Å². The number of ether oxygens (including phenoxy) is 1. The van der Waals surface area contributed by atoms with Crippen molar-refractivity contribution in [2.45, 2.75) is 64.5 Å². The summed E-state index contributed by atoms with van der Waals surface area (Å²) in [5.41, 5.74) is 0.295. The van der Waals surface area contributed by atoms with E-state index in [1.54, 1.807) is 45.0 Å². The Labute approximate surface area is 188 Å². The quantitative estimate of drug-likeness (QED) is 0.675. The minimum atomic E-state index is -0.714. The summed E-state index contributed by atoms with van der Waals surface area (Å²) >= 11 is 0. The normalized spacial score (nSPS) is 28.6. The Kier molecular flexibility index (Phi) is 5.14. The van der Waals surface area contributed by atoms with Crippen LogP contribution in [0.4, 0.5) is 9.18 Å². The third kappa shape index (κ3) is 3.96. The standard InChI is InChI=1S/C26H31FN2O3/c1-26(2,3)32-25(31)29-14-19(20-6-4-5-7-21(20)27)13-22(29)24(30)28-23-17-9-15-8-16(11-17)12-18(23)10-15/h4-7,13-18,23H,8-12H2,1-3H3,(H,28,30). The molecule has 0 atom stereocenters. The van der Waals surface area contributed by atoms with E-state index in [2.05, 4.69) is 5.32 Å². The molecule has 5 nitrogen and oxygen atoms in total. The van der Waals surface area contributed by atoms with Crippen molar-refractivity contribution in [3.05, 3.63) is 48.0 Å². The molecule has 0 saturated heterocycles. The van der Waals surface area contributed by atoms with E-state index < -0.39 is 17.5 Å². The number of aromatic nitrogens is 1. The number of hydrogen-bond donors (Lipinski definition) is 1. The molecular weight excluding hydrogens is 407 g/mol. The lowest BCUT2D eigenvalue weighted by molar-refractivity contribution is -0.0121. The van der Waals surface area contributed by atoms with Crippen molar-refractivity contribution >= 4 is 12.0 Å². The molecule has 1 heterocycles. The van der Waals surface area contributed by atoms with Gasteiger partial charge in [0.05, 0.1) is 0 Å². The van der Waals surface area contributed by atoms with Crippen molar-refractivity contribution in [2.75, 3.05) is 0 Å². The lowest BCUT2D eigenvalue weighted by atomic mass is 9.54. The molecule has 6 heteroatoms. The average Bonchev–Trinajstić information content (AvgIpc) is 3.15. The smallest absolute Gasteiger partial charge is 0.419 e. The van der Waals surface area contributed by atoms with E-state index in [-0.39, 0.29) is 17.6 Å². The van der Waals surface area contributed by atoms with Gasteiger partial charge in [0.2, 0.25) is 0 Å². The van der Waals surface area contributed by atoms with Crippen LogP contribution in [-0.4, -0.2) is 28.2 Å². The topological polar surface area (TPSA) is 60.3 Å². The molecule has 4 bridgehead atoms. The zero-order chi connectivity index (χ0) is 22.6. The van der Waals surface area contributed by atoms with Gasteiger partial charge in [-0.15, -0.1) is 0 Å². The van der Waals surface area contributed by atoms with Gasteiger partial charge in [0.25, 0.3) is 5.91 Å². The third-order valence-corrected chi connectivity index (χ3v) is 7.35. The van der Waals surface area contributed by atoms with Gasteiger partial charge < -0.3 is 10.1 Å². The Bertz CT molecular complexity index is 1020. The van der Waals surface area contributed by atoms with E-state index in [9.17, 15) is 14.0 Å².